The summed E-state index contributed by atoms with van der Waals surface area (Å²) in [6.45, 7) is 1.44. The SMILES string of the molecule is O=C(NC1CCCCCCC1C(=O)O)c1ccc(OC2CCOCC2)cc1. The molecule has 2 unspecified atom stereocenters. The van der Waals surface area contributed by atoms with Gasteiger partial charge in [-0.05, 0) is 37.1 Å². The molecule has 6 heteroatoms. The van der Waals surface area contributed by atoms with Crippen molar-refractivity contribution in [2.75, 3.05) is 13.2 Å². The quantitative estimate of drug-likeness (QED) is 0.824. The Hall–Kier alpha value is -2.08. The van der Waals surface area contributed by atoms with Crippen LogP contribution in [0, 0.1) is 5.92 Å². The van der Waals surface area contributed by atoms with Crippen molar-refractivity contribution in [3.8, 4) is 5.75 Å². The molecule has 0 aromatic heterocycles. The summed E-state index contributed by atoms with van der Waals surface area (Å²) in [5, 5.41) is 12.5. The molecule has 2 fully saturated rings. The first kappa shape index (κ1) is 19.7. The van der Waals surface area contributed by atoms with Gasteiger partial charge in [-0.15, -0.1) is 0 Å². The van der Waals surface area contributed by atoms with Crippen LogP contribution in [-0.4, -0.2) is 42.3 Å². The van der Waals surface area contributed by atoms with Gasteiger partial charge in [0.05, 0.1) is 19.1 Å². The number of ether oxygens (including phenoxy) is 2. The molecule has 1 saturated carbocycles. The van der Waals surface area contributed by atoms with Gasteiger partial charge < -0.3 is 19.9 Å². The fourth-order valence-electron chi connectivity index (χ4n) is 3.88. The second-order valence-electron chi connectivity index (χ2n) is 7.47. The first-order chi connectivity index (χ1) is 13.1. The van der Waals surface area contributed by atoms with Crippen molar-refractivity contribution in [2.45, 2.75) is 63.5 Å². The van der Waals surface area contributed by atoms with Crippen LogP contribution in [0.15, 0.2) is 24.3 Å². The van der Waals surface area contributed by atoms with E-state index in [0.29, 0.717) is 18.4 Å². The number of hydrogen-bond donors (Lipinski definition) is 2. The molecule has 0 radical (unpaired) electrons. The number of carbonyl (C=O) groups excluding carboxylic acids is 1. The molecule has 0 spiro atoms. The molecule has 1 aromatic rings. The van der Waals surface area contributed by atoms with Gasteiger partial charge in [0.1, 0.15) is 11.9 Å². The molecular weight excluding hydrogens is 346 g/mol. The molecule has 1 saturated heterocycles. The first-order valence-electron chi connectivity index (χ1n) is 10.0. The number of carboxylic acids is 1. The molecule has 6 nitrogen and oxygen atoms in total. The lowest BCUT2D eigenvalue weighted by atomic mass is 9.86. The standard InChI is InChI=1S/C21H29NO5/c23-20(22-19-6-4-2-1-3-5-18(19)21(24)25)15-7-9-16(10-8-15)27-17-11-13-26-14-12-17/h7-10,17-19H,1-6,11-14H2,(H,22,23)(H,24,25). The largest absolute Gasteiger partial charge is 0.490 e. The van der Waals surface area contributed by atoms with Gasteiger partial charge in [-0.2, -0.15) is 0 Å². The summed E-state index contributed by atoms with van der Waals surface area (Å²) in [5.41, 5.74) is 0.528. The lowest BCUT2D eigenvalue weighted by molar-refractivity contribution is -0.143. The summed E-state index contributed by atoms with van der Waals surface area (Å²) in [6, 6.07) is 6.77. The molecule has 3 rings (SSSR count). The fraction of sp³-hybridized carbons (Fsp3) is 0.619. The van der Waals surface area contributed by atoms with E-state index in [1.165, 1.54) is 0 Å². The van der Waals surface area contributed by atoms with Crippen molar-refractivity contribution < 1.29 is 24.2 Å². The third-order valence-electron chi connectivity index (χ3n) is 5.49. The molecule has 27 heavy (non-hydrogen) atoms. The number of carboxylic acid groups (broad SMARTS) is 1. The van der Waals surface area contributed by atoms with Crippen molar-refractivity contribution in [1.82, 2.24) is 5.32 Å². The third kappa shape index (κ3) is 5.70. The van der Waals surface area contributed by atoms with Crippen LogP contribution in [-0.2, 0) is 9.53 Å². The third-order valence-corrected chi connectivity index (χ3v) is 5.49. The summed E-state index contributed by atoms with van der Waals surface area (Å²) in [7, 11) is 0. The van der Waals surface area contributed by atoms with E-state index in [9.17, 15) is 14.7 Å². The Morgan fingerprint density at radius 1 is 0.963 bits per heavy atom. The molecule has 2 N–H and O–H groups in total. The minimum absolute atomic E-state index is 0.157. The maximum absolute atomic E-state index is 12.6. The van der Waals surface area contributed by atoms with E-state index in [2.05, 4.69) is 5.32 Å². The highest BCUT2D eigenvalue weighted by Crippen LogP contribution is 2.24. The van der Waals surface area contributed by atoms with Gasteiger partial charge in [0.2, 0.25) is 0 Å². The van der Waals surface area contributed by atoms with Gasteiger partial charge in [0.15, 0.2) is 0 Å². The zero-order valence-corrected chi connectivity index (χ0v) is 15.7. The number of amides is 1. The van der Waals surface area contributed by atoms with E-state index < -0.39 is 11.9 Å². The van der Waals surface area contributed by atoms with Crippen LogP contribution < -0.4 is 10.1 Å². The molecule has 1 aliphatic carbocycles. The van der Waals surface area contributed by atoms with Gasteiger partial charge >= 0.3 is 5.97 Å². The second kappa shape index (κ2) is 9.74. The summed E-state index contributed by atoms with van der Waals surface area (Å²) < 4.78 is 11.3. The van der Waals surface area contributed by atoms with Crippen LogP contribution in [0.2, 0.25) is 0 Å². The number of nitrogens with one attached hydrogen (secondary N) is 1. The highest BCUT2D eigenvalue weighted by atomic mass is 16.5. The summed E-state index contributed by atoms with van der Waals surface area (Å²) in [5.74, 6) is -0.801. The molecule has 0 bridgehead atoms. The van der Waals surface area contributed by atoms with E-state index in [4.69, 9.17) is 9.47 Å². The van der Waals surface area contributed by atoms with Crippen molar-refractivity contribution in [1.29, 1.82) is 0 Å². The smallest absolute Gasteiger partial charge is 0.308 e. The van der Waals surface area contributed by atoms with Crippen LogP contribution in [0.5, 0.6) is 5.75 Å². The Morgan fingerprint density at radius 2 is 1.63 bits per heavy atom. The van der Waals surface area contributed by atoms with Gasteiger partial charge in [-0.3, -0.25) is 9.59 Å². The van der Waals surface area contributed by atoms with E-state index in [1.807, 2.05) is 0 Å². The van der Waals surface area contributed by atoms with Crippen LogP contribution in [0.1, 0.15) is 61.7 Å². The molecule has 148 valence electrons. The highest BCUT2D eigenvalue weighted by molar-refractivity contribution is 5.94. The molecule has 1 amide bonds. The van der Waals surface area contributed by atoms with Crippen molar-refractivity contribution in [2.24, 2.45) is 5.92 Å². The van der Waals surface area contributed by atoms with Gasteiger partial charge in [0, 0.05) is 24.4 Å². The number of hydrogen-bond acceptors (Lipinski definition) is 4. The molecule has 2 atom stereocenters. The van der Waals surface area contributed by atoms with Gasteiger partial charge in [0.25, 0.3) is 5.91 Å². The van der Waals surface area contributed by atoms with Crippen LogP contribution >= 0.6 is 0 Å². The topological polar surface area (TPSA) is 84.9 Å². The van der Waals surface area contributed by atoms with Gasteiger partial charge in [-0.1, -0.05) is 25.7 Å². The Kier molecular flexibility index (Phi) is 7.10. The zero-order chi connectivity index (χ0) is 19.1. The fourth-order valence-corrected chi connectivity index (χ4v) is 3.88. The number of carbonyl (C=O) groups is 2. The monoisotopic (exact) mass is 375 g/mol. The molecular formula is C21H29NO5. The van der Waals surface area contributed by atoms with Crippen LogP contribution in [0.3, 0.4) is 0 Å². The molecule has 2 aliphatic rings. The second-order valence-corrected chi connectivity index (χ2v) is 7.47. The predicted octanol–water partition coefficient (Wildman–Crippen LogP) is 3.40. The predicted molar refractivity (Wildman–Crippen MR) is 101 cm³/mol. The zero-order valence-electron chi connectivity index (χ0n) is 15.7. The van der Waals surface area contributed by atoms with E-state index in [1.54, 1.807) is 24.3 Å². The Labute approximate surface area is 160 Å². The van der Waals surface area contributed by atoms with Crippen molar-refractivity contribution in [3.05, 3.63) is 29.8 Å². The summed E-state index contributed by atoms with van der Waals surface area (Å²) >= 11 is 0. The van der Waals surface area contributed by atoms with Gasteiger partial charge in [-0.25, -0.2) is 0 Å². The Balaban J connectivity index is 1.59. The lowest BCUT2D eigenvalue weighted by Gasteiger charge is -2.27. The first-order valence-corrected chi connectivity index (χ1v) is 10.0. The maximum atomic E-state index is 12.6. The number of rotatable bonds is 5. The van der Waals surface area contributed by atoms with E-state index >= 15 is 0 Å². The van der Waals surface area contributed by atoms with Crippen molar-refractivity contribution in [3.63, 3.8) is 0 Å². The summed E-state index contributed by atoms with van der Waals surface area (Å²) in [4.78, 5) is 24.2. The highest BCUT2D eigenvalue weighted by Gasteiger charge is 2.30. The van der Waals surface area contributed by atoms with Crippen LogP contribution in [0.4, 0.5) is 0 Å². The lowest BCUT2D eigenvalue weighted by Crippen LogP contribution is -2.43. The van der Waals surface area contributed by atoms with E-state index in [0.717, 1.165) is 57.5 Å². The molecule has 1 heterocycles. The molecule has 1 aromatic carbocycles. The maximum Gasteiger partial charge on any atom is 0.308 e. The Morgan fingerprint density at radius 3 is 2.30 bits per heavy atom. The normalized spacial score (nSPS) is 24.4. The average Bonchev–Trinajstić information content (AvgIpc) is 2.65. The van der Waals surface area contributed by atoms with E-state index in [-0.39, 0.29) is 18.1 Å². The summed E-state index contributed by atoms with van der Waals surface area (Å²) in [6.07, 6.45) is 7.27. The van der Waals surface area contributed by atoms with Crippen molar-refractivity contribution >= 4 is 11.9 Å². The Bertz CT molecular complexity index is 624. The minimum atomic E-state index is -0.817. The minimum Gasteiger partial charge on any atom is -0.490 e. The molecule has 1 aliphatic heterocycles. The number of benzene rings is 1. The number of aliphatic carboxylic acids is 1. The van der Waals surface area contributed by atoms with Crippen LogP contribution in [0.25, 0.3) is 0 Å². The average molecular weight is 375 g/mol.